The zero-order valence-electron chi connectivity index (χ0n) is 12.5. The Morgan fingerprint density at radius 1 is 1.24 bits per heavy atom. The van der Waals surface area contributed by atoms with E-state index in [1.165, 1.54) is 48.2 Å². The minimum atomic E-state index is 0.710. The van der Waals surface area contributed by atoms with Crippen LogP contribution in [-0.2, 0) is 26.4 Å². The molecule has 2 aliphatic rings. The number of rotatable bonds is 4. The van der Waals surface area contributed by atoms with Crippen LogP contribution < -0.4 is 5.32 Å². The number of nitrogens with one attached hydrogen (secondary N) is 1. The molecule has 5 nitrogen and oxygen atoms in total. The van der Waals surface area contributed by atoms with Crippen molar-refractivity contribution < 1.29 is 0 Å². The Labute approximate surface area is 124 Å². The Balaban J connectivity index is 1.50. The summed E-state index contributed by atoms with van der Waals surface area (Å²) in [6.45, 7) is 0.774. The van der Waals surface area contributed by atoms with Gasteiger partial charge in [0.05, 0.1) is 24.1 Å². The van der Waals surface area contributed by atoms with Crippen LogP contribution in [0.15, 0.2) is 12.3 Å². The van der Waals surface area contributed by atoms with Crippen molar-refractivity contribution in [3.63, 3.8) is 0 Å². The standard InChI is InChI=1S/C16H21N5/c1-21-15(13(9-18-21)11-4-2-5-11)10-17-16-8-12-6-3-7-14(12)19-20-16/h8-9,11H,2-7,10H2,1H3,(H,17,20). The largest absolute Gasteiger partial charge is 0.363 e. The van der Waals surface area contributed by atoms with Crippen molar-refractivity contribution in [1.29, 1.82) is 0 Å². The second-order valence-corrected chi connectivity index (χ2v) is 6.21. The van der Waals surface area contributed by atoms with Gasteiger partial charge in [0.2, 0.25) is 0 Å². The smallest absolute Gasteiger partial charge is 0.149 e. The summed E-state index contributed by atoms with van der Waals surface area (Å²) in [5.41, 5.74) is 5.22. The van der Waals surface area contributed by atoms with Crippen molar-refractivity contribution in [2.75, 3.05) is 5.32 Å². The first-order chi connectivity index (χ1) is 10.3. The summed E-state index contributed by atoms with van der Waals surface area (Å²) in [7, 11) is 2.02. The number of fused-ring (bicyclic) bond motifs is 1. The summed E-state index contributed by atoms with van der Waals surface area (Å²) in [4.78, 5) is 0. The van der Waals surface area contributed by atoms with Gasteiger partial charge in [-0.1, -0.05) is 6.42 Å². The van der Waals surface area contributed by atoms with E-state index in [-0.39, 0.29) is 0 Å². The van der Waals surface area contributed by atoms with E-state index < -0.39 is 0 Å². The maximum Gasteiger partial charge on any atom is 0.149 e. The molecule has 0 unspecified atom stereocenters. The first kappa shape index (κ1) is 12.8. The molecule has 0 saturated heterocycles. The van der Waals surface area contributed by atoms with Crippen molar-refractivity contribution in [1.82, 2.24) is 20.0 Å². The topological polar surface area (TPSA) is 55.6 Å². The fourth-order valence-corrected chi connectivity index (χ4v) is 3.35. The highest BCUT2D eigenvalue weighted by Gasteiger charge is 2.24. The lowest BCUT2D eigenvalue weighted by Gasteiger charge is -2.25. The van der Waals surface area contributed by atoms with Gasteiger partial charge in [-0.2, -0.15) is 10.2 Å². The van der Waals surface area contributed by atoms with Gasteiger partial charge in [0, 0.05) is 7.05 Å². The Kier molecular flexibility index (Phi) is 3.13. The van der Waals surface area contributed by atoms with Crippen molar-refractivity contribution in [2.45, 2.75) is 51.0 Å². The molecule has 1 N–H and O–H groups in total. The van der Waals surface area contributed by atoms with Crippen molar-refractivity contribution in [2.24, 2.45) is 7.05 Å². The second-order valence-electron chi connectivity index (χ2n) is 6.21. The molecule has 0 bridgehead atoms. The van der Waals surface area contributed by atoms with Gasteiger partial charge in [0.25, 0.3) is 0 Å². The summed E-state index contributed by atoms with van der Waals surface area (Å²) in [5, 5.41) is 16.5. The lowest BCUT2D eigenvalue weighted by molar-refractivity contribution is 0.417. The third-order valence-electron chi connectivity index (χ3n) is 4.90. The van der Waals surface area contributed by atoms with Crippen LogP contribution in [0.4, 0.5) is 5.82 Å². The summed E-state index contributed by atoms with van der Waals surface area (Å²) >= 11 is 0. The van der Waals surface area contributed by atoms with Crippen LogP contribution >= 0.6 is 0 Å². The highest BCUT2D eigenvalue weighted by atomic mass is 15.3. The number of aromatic nitrogens is 4. The zero-order chi connectivity index (χ0) is 14.2. The molecule has 110 valence electrons. The van der Waals surface area contributed by atoms with E-state index in [0.29, 0.717) is 5.92 Å². The van der Waals surface area contributed by atoms with E-state index in [0.717, 1.165) is 25.2 Å². The van der Waals surface area contributed by atoms with Gasteiger partial charge in [0.15, 0.2) is 0 Å². The molecule has 0 radical (unpaired) electrons. The van der Waals surface area contributed by atoms with Crippen LogP contribution in [0, 0.1) is 0 Å². The van der Waals surface area contributed by atoms with Crippen LogP contribution in [0.1, 0.15) is 54.1 Å². The molecule has 0 amide bonds. The number of anilines is 1. The molecular formula is C16H21N5. The lowest BCUT2D eigenvalue weighted by Crippen LogP contribution is -2.14. The molecule has 5 heteroatoms. The predicted octanol–water partition coefficient (Wildman–Crippen LogP) is 2.58. The number of nitrogens with zero attached hydrogens (tertiary/aromatic N) is 4. The third kappa shape index (κ3) is 2.30. The van der Waals surface area contributed by atoms with Gasteiger partial charge < -0.3 is 5.32 Å². The van der Waals surface area contributed by atoms with Gasteiger partial charge in [-0.05, 0) is 55.2 Å². The van der Waals surface area contributed by atoms with Crippen LogP contribution in [0.5, 0.6) is 0 Å². The van der Waals surface area contributed by atoms with E-state index in [1.807, 2.05) is 17.9 Å². The van der Waals surface area contributed by atoms with Gasteiger partial charge >= 0.3 is 0 Å². The minimum absolute atomic E-state index is 0.710. The lowest BCUT2D eigenvalue weighted by atomic mass is 9.80. The molecule has 2 aromatic heterocycles. The third-order valence-corrected chi connectivity index (χ3v) is 4.90. The first-order valence-corrected chi connectivity index (χ1v) is 7.91. The number of hydrogen-bond donors (Lipinski definition) is 1. The maximum absolute atomic E-state index is 4.43. The minimum Gasteiger partial charge on any atom is -0.363 e. The Morgan fingerprint density at radius 3 is 2.95 bits per heavy atom. The summed E-state index contributed by atoms with van der Waals surface area (Å²) < 4.78 is 1.99. The van der Waals surface area contributed by atoms with E-state index in [2.05, 4.69) is 26.7 Å². The highest BCUT2D eigenvalue weighted by molar-refractivity contribution is 5.41. The van der Waals surface area contributed by atoms with Crippen LogP contribution in [0.25, 0.3) is 0 Å². The molecule has 0 atom stereocenters. The van der Waals surface area contributed by atoms with Crippen molar-refractivity contribution in [3.8, 4) is 0 Å². The van der Waals surface area contributed by atoms with E-state index in [9.17, 15) is 0 Å². The van der Waals surface area contributed by atoms with Crippen LogP contribution in [-0.4, -0.2) is 20.0 Å². The summed E-state index contributed by atoms with van der Waals surface area (Å²) in [6, 6.07) is 2.16. The molecule has 1 fully saturated rings. The van der Waals surface area contributed by atoms with E-state index >= 15 is 0 Å². The Morgan fingerprint density at radius 2 is 2.14 bits per heavy atom. The maximum atomic E-state index is 4.43. The van der Waals surface area contributed by atoms with E-state index in [1.54, 1.807) is 0 Å². The monoisotopic (exact) mass is 283 g/mol. The average Bonchev–Trinajstić information content (AvgIpc) is 3.02. The fourth-order valence-electron chi connectivity index (χ4n) is 3.35. The second kappa shape index (κ2) is 5.13. The molecule has 0 aliphatic heterocycles. The molecule has 2 aliphatic carbocycles. The Bertz CT molecular complexity index is 657. The van der Waals surface area contributed by atoms with E-state index in [4.69, 9.17) is 0 Å². The molecule has 2 heterocycles. The van der Waals surface area contributed by atoms with Gasteiger partial charge in [-0.3, -0.25) is 4.68 Å². The number of aryl methyl sites for hydroxylation is 3. The molecule has 2 aromatic rings. The van der Waals surface area contributed by atoms with Gasteiger partial charge in [-0.25, -0.2) is 0 Å². The Hall–Kier alpha value is -1.91. The van der Waals surface area contributed by atoms with Crippen molar-refractivity contribution >= 4 is 5.82 Å². The fraction of sp³-hybridized carbons (Fsp3) is 0.562. The zero-order valence-corrected chi connectivity index (χ0v) is 12.5. The molecule has 4 rings (SSSR count). The average molecular weight is 283 g/mol. The van der Waals surface area contributed by atoms with Crippen molar-refractivity contribution in [3.05, 3.63) is 34.8 Å². The quantitative estimate of drug-likeness (QED) is 0.937. The molecule has 21 heavy (non-hydrogen) atoms. The first-order valence-electron chi connectivity index (χ1n) is 7.91. The summed E-state index contributed by atoms with van der Waals surface area (Å²) in [5.74, 6) is 1.60. The molecule has 1 saturated carbocycles. The summed E-state index contributed by atoms with van der Waals surface area (Å²) in [6.07, 6.45) is 9.42. The van der Waals surface area contributed by atoms with Crippen LogP contribution in [0.2, 0.25) is 0 Å². The van der Waals surface area contributed by atoms with Gasteiger partial charge in [0.1, 0.15) is 5.82 Å². The van der Waals surface area contributed by atoms with Gasteiger partial charge in [-0.15, -0.1) is 5.10 Å². The highest BCUT2D eigenvalue weighted by Crippen LogP contribution is 2.37. The number of hydrogen-bond acceptors (Lipinski definition) is 4. The predicted molar refractivity (Wildman–Crippen MR) is 81.2 cm³/mol. The molecule has 0 spiro atoms. The van der Waals surface area contributed by atoms with Crippen LogP contribution in [0.3, 0.4) is 0 Å². The normalized spacial score (nSPS) is 17.6. The SMILES string of the molecule is Cn1ncc(C2CCC2)c1CNc1cc2c(nn1)CCC2. The molecule has 0 aromatic carbocycles. The molecular weight excluding hydrogens is 262 g/mol.